The van der Waals surface area contributed by atoms with E-state index in [2.05, 4.69) is 5.04 Å². The molecular formula is C11F22O3. The Labute approximate surface area is 178 Å². The molecule has 0 bridgehead atoms. The molecule has 0 aliphatic carbocycles. The smallest absolute Gasteiger partial charge is 0.194 e. The highest BCUT2D eigenvalue weighted by Gasteiger charge is 2.99. The van der Waals surface area contributed by atoms with Crippen molar-refractivity contribution in [2.75, 3.05) is 0 Å². The first-order valence-corrected chi connectivity index (χ1v) is 7.40. The number of halogens is 22. The van der Waals surface area contributed by atoms with E-state index in [0.717, 1.165) is 0 Å². The van der Waals surface area contributed by atoms with Gasteiger partial charge in [-0.1, -0.05) is 5.04 Å². The van der Waals surface area contributed by atoms with Crippen molar-refractivity contribution in [2.24, 2.45) is 0 Å². The lowest BCUT2D eigenvalue weighted by atomic mass is 9.85. The minimum atomic E-state index is -9.27. The molecule has 1 heterocycles. The summed E-state index contributed by atoms with van der Waals surface area (Å²) in [4.78, 5) is 3.93. The highest BCUT2D eigenvalue weighted by Crippen LogP contribution is 2.67. The van der Waals surface area contributed by atoms with Crippen molar-refractivity contribution in [3.8, 4) is 0 Å². The molecule has 0 amide bonds. The number of hydrogen-bond acceptors (Lipinski definition) is 3. The van der Waals surface area contributed by atoms with E-state index < -0.39 is 65.5 Å². The van der Waals surface area contributed by atoms with Crippen LogP contribution < -0.4 is 0 Å². The summed E-state index contributed by atoms with van der Waals surface area (Å²) in [6, 6.07) is 0. The Morgan fingerprint density at radius 1 is 0.389 bits per heavy atom. The molecule has 1 saturated heterocycles. The fourth-order valence-electron chi connectivity index (χ4n) is 2.01. The molecule has 0 N–H and O–H groups in total. The molecule has 0 aromatic rings. The van der Waals surface area contributed by atoms with Gasteiger partial charge in [-0.15, -0.1) is 4.89 Å². The Morgan fingerprint density at radius 3 is 1.03 bits per heavy atom. The third kappa shape index (κ3) is 3.42. The summed E-state index contributed by atoms with van der Waals surface area (Å²) in [7, 11) is 0. The van der Waals surface area contributed by atoms with Gasteiger partial charge in [0.05, 0.1) is 0 Å². The van der Waals surface area contributed by atoms with Crippen LogP contribution in [0, 0.1) is 0 Å². The largest absolute Gasteiger partial charge is 0.460 e. The molecule has 0 radical (unpaired) electrons. The predicted molar refractivity (Wildman–Crippen MR) is 57.7 cm³/mol. The van der Waals surface area contributed by atoms with E-state index in [4.69, 9.17) is 0 Å². The van der Waals surface area contributed by atoms with Crippen LogP contribution in [0.15, 0.2) is 0 Å². The SMILES string of the molecule is FC(F)(F)C(F)(F)C(F)(F)C(F)(F)C(F)(F)C(F)(F)C(F)(F)C(F)(F)C1(F)OOOC(F)(F)C1(F)F. The molecule has 3 nitrogen and oxygen atoms in total. The van der Waals surface area contributed by atoms with Crippen LogP contribution in [0.4, 0.5) is 96.6 Å². The predicted octanol–water partition coefficient (Wildman–Crippen LogP) is 6.78. The molecule has 1 rings (SSSR count). The van der Waals surface area contributed by atoms with Gasteiger partial charge in [-0.25, -0.2) is 0 Å². The first-order chi connectivity index (χ1) is 15.2. The van der Waals surface area contributed by atoms with Crippen LogP contribution in [-0.2, 0) is 14.8 Å². The molecule has 0 aromatic heterocycles. The van der Waals surface area contributed by atoms with Gasteiger partial charge in [0.25, 0.3) is 0 Å². The van der Waals surface area contributed by atoms with Crippen molar-refractivity contribution in [1.29, 1.82) is 0 Å². The van der Waals surface area contributed by atoms with Crippen molar-refractivity contribution < 1.29 is 111 Å². The molecule has 0 aromatic carbocycles. The zero-order valence-corrected chi connectivity index (χ0v) is 15.0. The van der Waals surface area contributed by atoms with E-state index in [-0.39, 0.29) is 0 Å². The second-order valence-corrected chi connectivity index (χ2v) is 6.44. The Kier molecular flexibility index (Phi) is 6.91. The summed E-state index contributed by atoms with van der Waals surface area (Å²) in [5.74, 6) is -78.5. The van der Waals surface area contributed by atoms with Crippen LogP contribution in [0.1, 0.15) is 0 Å². The number of rotatable bonds is 7. The first-order valence-electron chi connectivity index (χ1n) is 7.40. The molecule has 1 unspecified atom stereocenters. The third-order valence-electron chi connectivity index (χ3n) is 4.18. The zero-order chi connectivity index (χ0) is 29.6. The van der Waals surface area contributed by atoms with Crippen LogP contribution >= 0.6 is 0 Å². The molecule has 0 spiro atoms. The van der Waals surface area contributed by atoms with Gasteiger partial charge >= 0.3 is 65.5 Å². The minimum absolute atomic E-state index is 1.90. The highest BCUT2D eigenvalue weighted by molar-refractivity contribution is 5.18. The lowest BCUT2D eigenvalue weighted by molar-refractivity contribution is -0.707. The quantitative estimate of drug-likeness (QED) is 0.239. The zero-order valence-electron chi connectivity index (χ0n) is 15.0. The summed E-state index contributed by atoms with van der Waals surface area (Å²) in [6.07, 6.45) is -15.0. The standard InChI is InChI=1S/C11F22O3/c12-1(13,3(16,17)5(20,21)7(24,25)10(29,30)31)2(14,15)4(18,19)6(22,23)9(28)8(26,27)11(32,33)35-36-34-9. The third-order valence-corrected chi connectivity index (χ3v) is 4.18. The fraction of sp³-hybridized carbons (Fsp3) is 1.00. The first kappa shape index (κ1) is 32.4. The minimum Gasteiger partial charge on any atom is -0.194 e. The normalized spacial score (nSPS) is 25.2. The van der Waals surface area contributed by atoms with Gasteiger partial charge in [0, 0.05) is 0 Å². The van der Waals surface area contributed by atoms with Crippen LogP contribution in [0.25, 0.3) is 0 Å². The Morgan fingerprint density at radius 2 is 0.694 bits per heavy atom. The van der Waals surface area contributed by atoms with Crippen molar-refractivity contribution in [1.82, 2.24) is 0 Å². The van der Waals surface area contributed by atoms with E-state index in [1.807, 2.05) is 9.78 Å². The van der Waals surface area contributed by atoms with E-state index in [1.165, 1.54) is 0 Å². The molecule has 25 heteroatoms. The van der Waals surface area contributed by atoms with Gasteiger partial charge in [0.15, 0.2) is 0 Å². The maximum absolute atomic E-state index is 13.8. The average molecular weight is 598 g/mol. The molecule has 36 heavy (non-hydrogen) atoms. The second kappa shape index (κ2) is 7.69. The van der Waals surface area contributed by atoms with E-state index in [1.54, 1.807) is 0 Å². The van der Waals surface area contributed by atoms with Crippen molar-refractivity contribution >= 4 is 0 Å². The molecule has 0 saturated carbocycles. The Hall–Kier alpha value is -1.66. The van der Waals surface area contributed by atoms with Crippen LogP contribution in [0.2, 0.25) is 0 Å². The number of hydrogen-bond donors (Lipinski definition) is 0. The second-order valence-electron chi connectivity index (χ2n) is 6.44. The lowest BCUT2D eigenvalue weighted by Crippen LogP contribution is -2.79. The van der Waals surface area contributed by atoms with Gasteiger partial charge in [-0.2, -0.15) is 101 Å². The summed E-state index contributed by atoms with van der Waals surface area (Å²) < 4.78 is 288. The summed E-state index contributed by atoms with van der Waals surface area (Å²) in [5, 5.41) is 2.08. The molecular weight excluding hydrogens is 598 g/mol. The van der Waals surface area contributed by atoms with Gasteiger partial charge in [-0.3, -0.25) is 0 Å². The van der Waals surface area contributed by atoms with Gasteiger partial charge in [-0.05, 0) is 0 Å². The molecule has 1 aliphatic rings. The maximum Gasteiger partial charge on any atom is 0.460 e. The Bertz CT molecular complexity index is 843. The highest BCUT2D eigenvalue weighted by atomic mass is 19.4. The van der Waals surface area contributed by atoms with E-state index in [9.17, 15) is 96.6 Å². The van der Waals surface area contributed by atoms with Crippen molar-refractivity contribution in [2.45, 2.75) is 65.5 Å². The molecule has 1 aliphatic heterocycles. The maximum atomic E-state index is 13.8. The van der Waals surface area contributed by atoms with Crippen LogP contribution in [0.3, 0.4) is 0 Å². The van der Waals surface area contributed by atoms with E-state index >= 15 is 0 Å². The molecule has 1 atom stereocenters. The van der Waals surface area contributed by atoms with Crippen LogP contribution in [-0.4, -0.2) is 65.5 Å². The van der Waals surface area contributed by atoms with Gasteiger partial charge in [0.1, 0.15) is 0 Å². The van der Waals surface area contributed by atoms with Crippen molar-refractivity contribution in [3.63, 3.8) is 0 Å². The fourth-order valence-corrected chi connectivity index (χ4v) is 2.01. The monoisotopic (exact) mass is 598 g/mol. The van der Waals surface area contributed by atoms with Crippen molar-refractivity contribution in [3.05, 3.63) is 0 Å². The number of alkyl halides is 22. The average Bonchev–Trinajstić information content (AvgIpc) is 2.64. The summed E-state index contributed by atoms with van der Waals surface area (Å²) >= 11 is 0. The lowest BCUT2D eigenvalue weighted by Gasteiger charge is -2.47. The van der Waals surface area contributed by atoms with E-state index in [0.29, 0.717) is 0 Å². The molecule has 216 valence electrons. The summed E-state index contributed by atoms with van der Waals surface area (Å²) in [5.41, 5.74) is 0. The molecule has 1 fully saturated rings. The van der Waals surface area contributed by atoms with Gasteiger partial charge < -0.3 is 0 Å². The Balaban J connectivity index is 3.83. The van der Waals surface area contributed by atoms with Crippen LogP contribution in [0.5, 0.6) is 0 Å². The van der Waals surface area contributed by atoms with Gasteiger partial charge in [0.2, 0.25) is 0 Å². The topological polar surface area (TPSA) is 27.7 Å². The summed E-state index contributed by atoms with van der Waals surface area (Å²) in [6.45, 7) is 0.